The van der Waals surface area contributed by atoms with Crippen molar-refractivity contribution in [2.45, 2.75) is 51.7 Å². The van der Waals surface area contributed by atoms with Crippen LogP contribution >= 0.6 is 0 Å². The summed E-state index contributed by atoms with van der Waals surface area (Å²) in [6, 6.07) is 13.9. The van der Waals surface area contributed by atoms with Crippen molar-refractivity contribution in [1.29, 1.82) is 0 Å². The smallest absolute Gasteiger partial charge is 0.255 e. The van der Waals surface area contributed by atoms with Crippen LogP contribution in [0.1, 0.15) is 52.9 Å². The minimum atomic E-state index is -0.0966. The summed E-state index contributed by atoms with van der Waals surface area (Å²) >= 11 is 0. The van der Waals surface area contributed by atoms with Gasteiger partial charge >= 0.3 is 0 Å². The lowest BCUT2D eigenvalue weighted by molar-refractivity contribution is -0.907. The van der Waals surface area contributed by atoms with Crippen LogP contribution in [-0.4, -0.2) is 24.1 Å². The third kappa shape index (κ3) is 4.15. The maximum atomic E-state index is 13.1. The Morgan fingerprint density at radius 2 is 1.86 bits per heavy atom. The Bertz CT molecular complexity index is 1000. The summed E-state index contributed by atoms with van der Waals surface area (Å²) in [5, 5.41) is 14.5. The Labute approximate surface area is 171 Å². The third-order valence-electron chi connectivity index (χ3n) is 5.86. The van der Waals surface area contributed by atoms with Crippen LogP contribution in [0.3, 0.4) is 0 Å². The zero-order valence-corrected chi connectivity index (χ0v) is 17.1. The molecule has 2 aromatic carbocycles. The summed E-state index contributed by atoms with van der Waals surface area (Å²) in [5.41, 5.74) is 3.22. The van der Waals surface area contributed by atoms with Gasteiger partial charge in [-0.15, -0.1) is 0 Å². The molecule has 4 rings (SSSR count). The predicted octanol–water partition coefficient (Wildman–Crippen LogP) is 3.33. The average molecular weight is 394 g/mol. The SMILES string of the molecule is Cc1oc2ccc(O)c(C[NH+](C)Cc3ccccc3)c2c1C(=O)NC1CCCC1. The van der Waals surface area contributed by atoms with Crippen LogP contribution < -0.4 is 10.2 Å². The molecule has 0 radical (unpaired) electrons. The van der Waals surface area contributed by atoms with Crippen molar-refractivity contribution in [2.24, 2.45) is 0 Å². The van der Waals surface area contributed by atoms with Gasteiger partial charge in [0.1, 0.15) is 30.2 Å². The highest BCUT2D eigenvalue weighted by Crippen LogP contribution is 2.34. The molecule has 1 heterocycles. The van der Waals surface area contributed by atoms with Crippen molar-refractivity contribution >= 4 is 16.9 Å². The van der Waals surface area contributed by atoms with Crippen molar-refractivity contribution in [3.8, 4) is 5.75 Å². The first-order valence-corrected chi connectivity index (χ1v) is 10.4. The summed E-state index contributed by atoms with van der Waals surface area (Å²) in [6.07, 6.45) is 4.39. The molecule has 3 N–H and O–H groups in total. The Hall–Kier alpha value is -2.79. The Balaban J connectivity index is 1.65. The van der Waals surface area contributed by atoms with Crippen LogP contribution in [0.25, 0.3) is 11.0 Å². The summed E-state index contributed by atoms with van der Waals surface area (Å²) in [6.45, 7) is 3.25. The molecule has 1 saturated carbocycles. The van der Waals surface area contributed by atoms with Gasteiger partial charge in [-0.05, 0) is 31.9 Å². The molecule has 5 heteroatoms. The zero-order valence-electron chi connectivity index (χ0n) is 17.1. The van der Waals surface area contributed by atoms with Crippen LogP contribution in [0.5, 0.6) is 5.75 Å². The molecule has 0 saturated heterocycles. The maximum Gasteiger partial charge on any atom is 0.255 e. The van der Waals surface area contributed by atoms with Gasteiger partial charge in [-0.3, -0.25) is 4.79 Å². The van der Waals surface area contributed by atoms with Gasteiger partial charge in [0.2, 0.25) is 0 Å². The third-order valence-corrected chi connectivity index (χ3v) is 5.86. The standard InChI is InChI=1S/C24H28N2O3/c1-16-22(24(28)25-18-10-6-7-11-18)23-19(20(27)12-13-21(23)29-16)15-26(2)14-17-8-4-3-5-9-17/h3-5,8-9,12-13,18,27H,6-7,10-11,14-15H2,1-2H3,(H,25,28)/p+1. The van der Waals surface area contributed by atoms with Gasteiger partial charge in [0.05, 0.1) is 18.2 Å². The first-order chi connectivity index (χ1) is 14.0. The molecule has 3 aromatic rings. The number of rotatable bonds is 6. The molecule has 29 heavy (non-hydrogen) atoms. The van der Waals surface area contributed by atoms with Gasteiger partial charge in [-0.25, -0.2) is 0 Å². The number of amides is 1. The molecule has 1 aromatic heterocycles. The molecular weight excluding hydrogens is 364 g/mol. The lowest BCUT2D eigenvalue weighted by atomic mass is 10.0. The van der Waals surface area contributed by atoms with E-state index in [0.717, 1.165) is 43.2 Å². The Kier molecular flexibility index (Phi) is 5.58. The second-order valence-electron chi connectivity index (χ2n) is 8.22. The number of phenols is 1. The fourth-order valence-corrected chi connectivity index (χ4v) is 4.46. The number of hydrogen-bond acceptors (Lipinski definition) is 3. The average Bonchev–Trinajstić information content (AvgIpc) is 3.32. The van der Waals surface area contributed by atoms with E-state index in [2.05, 4.69) is 24.5 Å². The largest absolute Gasteiger partial charge is 0.507 e. The van der Waals surface area contributed by atoms with Gasteiger partial charge in [0.25, 0.3) is 5.91 Å². The minimum absolute atomic E-state index is 0.0966. The van der Waals surface area contributed by atoms with Crippen LogP contribution in [0.15, 0.2) is 46.9 Å². The number of hydrogen-bond donors (Lipinski definition) is 3. The second-order valence-corrected chi connectivity index (χ2v) is 8.22. The summed E-state index contributed by atoms with van der Waals surface area (Å²) in [5.74, 6) is 0.712. The van der Waals surface area contributed by atoms with Crippen molar-refractivity contribution in [3.05, 3.63) is 64.9 Å². The first-order valence-electron chi connectivity index (χ1n) is 10.4. The molecule has 1 aliphatic carbocycles. The number of fused-ring (bicyclic) bond motifs is 1. The van der Waals surface area contributed by atoms with Crippen LogP contribution in [0, 0.1) is 6.92 Å². The van der Waals surface area contributed by atoms with Crippen LogP contribution in [0.2, 0.25) is 0 Å². The van der Waals surface area contributed by atoms with Crippen LogP contribution in [-0.2, 0) is 13.1 Å². The number of aromatic hydroxyl groups is 1. The quantitative estimate of drug-likeness (QED) is 0.602. The highest BCUT2D eigenvalue weighted by Gasteiger charge is 2.26. The fourth-order valence-electron chi connectivity index (χ4n) is 4.46. The predicted molar refractivity (Wildman–Crippen MR) is 113 cm³/mol. The van der Waals surface area contributed by atoms with E-state index in [1.54, 1.807) is 12.1 Å². The number of quaternary nitrogens is 1. The number of carbonyl (C=O) groups is 1. The molecule has 0 bridgehead atoms. The molecule has 152 valence electrons. The monoisotopic (exact) mass is 393 g/mol. The topological polar surface area (TPSA) is 66.9 Å². The van der Waals surface area contributed by atoms with Crippen molar-refractivity contribution in [1.82, 2.24) is 5.32 Å². The number of carbonyl (C=O) groups excluding carboxylic acids is 1. The van der Waals surface area contributed by atoms with Gasteiger partial charge < -0.3 is 19.7 Å². The highest BCUT2D eigenvalue weighted by atomic mass is 16.3. The van der Waals surface area contributed by atoms with Gasteiger partial charge in [-0.1, -0.05) is 43.2 Å². The fraction of sp³-hybridized carbons (Fsp3) is 0.375. The van der Waals surface area contributed by atoms with E-state index in [1.807, 2.05) is 25.1 Å². The van der Waals surface area contributed by atoms with E-state index >= 15 is 0 Å². The first kappa shape index (κ1) is 19.5. The normalized spacial score (nSPS) is 15.7. The van der Waals surface area contributed by atoms with Crippen molar-refractivity contribution < 1.29 is 19.2 Å². The lowest BCUT2D eigenvalue weighted by Gasteiger charge is -2.17. The number of benzene rings is 2. The molecule has 0 aliphatic heterocycles. The molecule has 1 aliphatic rings. The highest BCUT2D eigenvalue weighted by molar-refractivity contribution is 6.09. The zero-order chi connectivity index (χ0) is 20.4. The van der Waals surface area contributed by atoms with E-state index in [4.69, 9.17) is 4.42 Å². The van der Waals surface area contributed by atoms with E-state index in [9.17, 15) is 9.90 Å². The number of furan rings is 1. The molecule has 1 unspecified atom stereocenters. The van der Waals surface area contributed by atoms with Crippen LogP contribution in [0.4, 0.5) is 0 Å². The second kappa shape index (κ2) is 8.29. The Morgan fingerprint density at radius 3 is 2.59 bits per heavy atom. The molecular formula is C24H29N2O3+. The summed E-state index contributed by atoms with van der Waals surface area (Å²) in [4.78, 5) is 14.3. The molecule has 5 nitrogen and oxygen atoms in total. The summed E-state index contributed by atoms with van der Waals surface area (Å²) in [7, 11) is 2.09. The lowest BCUT2D eigenvalue weighted by Crippen LogP contribution is -3.06. The van der Waals surface area contributed by atoms with Gasteiger partial charge in [0.15, 0.2) is 0 Å². The number of aryl methyl sites for hydroxylation is 1. The number of phenolic OH excluding ortho intramolecular Hbond substituents is 1. The van der Waals surface area contributed by atoms with Crippen molar-refractivity contribution in [2.75, 3.05) is 7.05 Å². The van der Waals surface area contributed by atoms with E-state index in [1.165, 1.54) is 10.5 Å². The summed E-state index contributed by atoms with van der Waals surface area (Å²) < 4.78 is 5.90. The molecule has 1 amide bonds. The molecule has 1 fully saturated rings. The van der Waals surface area contributed by atoms with E-state index < -0.39 is 0 Å². The molecule has 0 spiro atoms. The number of nitrogens with one attached hydrogen (secondary N) is 2. The van der Waals surface area contributed by atoms with Gasteiger partial charge in [-0.2, -0.15) is 0 Å². The minimum Gasteiger partial charge on any atom is -0.507 e. The maximum absolute atomic E-state index is 13.1. The van der Waals surface area contributed by atoms with E-state index in [-0.39, 0.29) is 17.7 Å². The van der Waals surface area contributed by atoms with E-state index in [0.29, 0.717) is 23.5 Å². The van der Waals surface area contributed by atoms with Gasteiger partial charge in [0, 0.05) is 17.0 Å². The Morgan fingerprint density at radius 1 is 1.14 bits per heavy atom. The van der Waals surface area contributed by atoms with Crippen molar-refractivity contribution in [3.63, 3.8) is 0 Å². The molecule has 1 atom stereocenters.